The molecule has 0 aromatic heterocycles. The molecule has 0 radical (unpaired) electrons. The Morgan fingerprint density at radius 2 is 1.67 bits per heavy atom. The third kappa shape index (κ3) is 4.93. The van der Waals surface area contributed by atoms with Crippen molar-refractivity contribution in [3.63, 3.8) is 0 Å². The van der Waals surface area contributed by atoms with Crippen LogP contribution in [0.3, 0.4) is 0 Å². The zero-order valence-corrected chi connectivity index (χ0v) is 15.2. The molecule has 0 aliphatic rings. The summed E-state index contributed by atoms with van der Waals surface area (Å²) in [6, 6.07) is 13.8. The lowest BCUT2D eigenvalue weighted by Gasteiger charge is -2.12. The number of aliphatic hydroxyl groups excluding tert-OH is 1. The van der Waals surface area contributed by atoms with Crippen molar-refractivity contribution >= 4 is 27.4 Å². The van der Waals surface area contributed by atoms with Crippen LogP contribution in [-0.2, 0) is 21.1 Å². The van der Waals surface area contributed by atoms with Crippen LogP contribution in [0.1, 0.15) is 18.1 Å². The molecule has 0 spiro atoms. The first kappa shape index (κ1) is 18.7. The number of ketones is 1. The minimum Gasteiger partial charge on any atom is -0.376 e. The molecule has 0 heterocycles. The van der Waals surface area contributed by atoms with E-state index >= 15 is 0 Å². The SMILES string of the molecule is CC(=O)Cc1ccc(SCC(O)S(=O)(=O)c2ccc(C)cc2)cc1. The predicted octanol–water partition coefficient (Wildman–Crippen LogP) is 3.01. The molecule has 1 unspecified atom stereocenters. The summed E-state index contributed by atoms with van der Waals surface area (Å²) in [5.74, 6) is 0.137. The Hall–Kier alpha value is -1.63. The van der Waals surface area contributed by atoms with E-state index in [2.05, 4.69) is 0 Å². The molecule has 2 rings (SSSR count). The monoisotopic (exact) mass is 364 g/mol. The number of hydrogen-bond donors (Lipinski definition) is 1. The highest BCUT2D eigenvalue weighted by Crippen LogP contribution is 2.24. The van der Waals surface area contributed by atoms with Gasteiger partial charge in [0.05, 0.1) is 4.90 Å². The van der Waals surface area contributed by atoms with Crippen molar-refractivity contribution in [3.8, 4) is 0 Å². The van der Waals surface area contributed by atoms with E-state index in [-0.39, 0.29) is 16.4 Å². The van der Waals surface area contributed by atoms with E-state index in [0.717, 1.165) is 16.0 Å². The number of aryl methyl sites for hydroxylation is 1. The van der Waals surface area contributed by atoms with E-state index < -0.39 is 15.3 Å². The lowest BCUT2D eigenvalue weighted by molar-refractivity contribution is -0.116. The van der Waals surface area contributed by atoms with Crippen molar-refractivity contribution in [2.75, 3.05) is 5.75 Å². The van der Waals surface area contributed by atoms with Gasteiger partial charge in [-0.25, -0.2) is 8.42 Å². The smallest absolute Gasteiger partial charge is 0.205 e. The second-order valence-corrected chi connectivity index (χ2v) is 8.85. The van der Waals surface area contributed by atoms with Crippen LogP contribution in [0.5, 0.6) is 0 Å². The summed E-state index contributed by atoms with van der Waals surface area (Å²) in [6.45, 7) is 3.41. The van der Waals surface area contributed by atoms with Crippen molar-refractivity contribution < 1.29 is 18.3 Å². The number of benzene rings is 2. The third-order valence-corrected chi connectivity index (χ3v) is 6.59. The van der Waals surface area contributed by atoms with Crippen LogP contribution >= 0.6 is 11.8 Å². The van der Waals surface area contributed by atoms with Crippen molar-refractivity contribution in [2.24, 2.45) is 0 Å². The molecule has 2 aromatic carbocycles. The van der Waals surface area contributed by atoms with E-state index in [1.54, 1.807) is 12.1 Å². The molecule has 1 atom stereocenters. The van der Waals surface area contributed by atoms with Gasteiger partial charge in [-0.1, -0.05) is 29.8 Å². The van der Waals surface area contributed by atoms with E-state index in [9.17, 15) is 18.3 Å². The molecule has 0 saturated carbocycles. The fraction of sp³-hybridized carbons (Fsp3) is 0.278. The molecule has 4 nitrogen and oxygen atoms in total. The molecular weight excluding hydrogens is 344 g/mol. The zero-order valence-electron chi connectivity index (χ0n) is 13.6. The van der Waals surface area contributed by atoms with E-state index in [1.165, 1.54) is 30.8 Å². The number of carbonyl (C=O) groups excluding carboxylic acids is 1. The van der Waals surface area contributed by atoms with E-state index in [4.69, 9.17) is 0 Å². The maximum Gasteiger partial charge on any atom is 0.205 e. The largest absolute Gasteiger partial charge is 0.376 e. The van der Waals surface area contributed by atoms with Gasteiger partial charge in [-0.05, 0) is 43.7 Å². The molecular formula is C18H20O4S2. The van der Waals surface area contributed by atoms with E-state index in [0.29, 0.717) is 6.42 Å². The molecule has 0 saturated heterocycles. The Bertz CT molecular complexity index is 794. The van der Waals surface area contributed by atoms with Crippen molar-refractivity contribution in [1.82, 2.24) is 0 Å². The summed E-state index contributed by atoms with van der Waals surface area (Å²) in [5.41, 5.74) is 0.408. The van der Waals surface area contributed by atoms with Crippen LogP contribution in [0.2, 0.25) is 0 Å². The molecule has 0 aliphatic heterocycles. The van der Waals surface area contributed by atoms with Gasteiger partial charge in [0.25, 0.3) is 0 Å². The summed E-state index contributed by atoms with van der Waals surface area (Å²) in [4.78, 5) is 12.0. The summed E-state index contributed by atoms with van der Waals surface area (Å²) in [6.07, 6.45) is 0.384. The van der Waals surface area contributed by atoms with Crippen LogP contribution < -0.4 is 0 Å². The highest BCUT2D eigenvalue weighted by atomic mass is 32.2. The van der Waals surface area contributed by atoms with E-state index in [1.807, 2.05) is 31.2 Å². The summed E-state index contributed by atoms with van der Waals surface area (Å²) < 4.78 is 24.7. The molecule has 0 amide bonds. The molecule has 0 bridgehead atoms. The highest BCUT2D eigenvalue weighted by molar-refractivity contribution is 8.00. The normalized spacial score (nSPS) is 12.8. The molecule has 1 N–H and O–H groups in total. The number of hydrogen-bond acceptors (Lipinski definition) is 5. The predicted molar refractivity (Wildman–Crippen MR) is 95.9 cm³/mol. The van der Waals surface area contributed by atoms with Gasteiger partial charge in [0.1, 0.15) is 5.78 Å². The molecule has 0 fully saturated rings. The van der Waals surface area contributed by atoms with Crippen LogP contribution in [0.25, 0.3) is 0 Å². The van der Waals surface area contributed by atoms with Crippen LogP contribution in [-0.4, -0.2) is 30.5 Å². The number of aliphatic hydroxyl groups is 1. The topological polar surface area (TPSA) is 71.4 Å². The van der Waals surface area contributed by atoms with Crippen LogP contribution in [0, 0.1) is 6.92 Å². The number of sulfone groups is 1. The Morgan fingerprint density at radius 3 is 2.21 bits per heavy atom. The molecule has 2 aromatic rings. The number of carbonyl (C=O) groups is 1. The third-order valence-electron chi connectivity index (χ3n) is 3.48. The second-order valence-electron chi connectivity index (χ2n) is 5.65. The number of Topliss-reactive ketones (excluding diaryl/α,β-unsaturated/α-hetero) is 1. The van der Waals surface area contributed by atoms with Crippen LogP contribution in [0.4, 0.5) is 0 Å². The Morgan fingerprint density at radius 1 is 1.08 bits per heavy atom. The van der Waals surface area contributed by atoms with Gasteiger partial charge < -0.3 is 5.11 Å². The molecule has 0 aliphatic carbocycles. The molecule has 128 valence electrons. The van der Waals surface area contributed by atoms with Gasteiger partial charge in [-0.2, -0.15) is 0 Å². The van der Waals surface area contributed by atoms with Crippen molar-refractivity contribution in [1.29, 1.82) is 0 Å². The average molecular weight is 364 g/mol. The van der Waals surface area contributed by atoms with Crippen molar-refractivity contribution in [2.45, 2.75) is 35.5 Å². The summed E-state index contributed by atoms with van der Waals surface area (Å²) in [5, 5.41) is 10.1. The minimum atomic E-state index is -3.76. The Balaban J connectivity index is 2.00. The number of thioether (sulfide) groups is 1. The first-order chi connectivity index (χ1) is 11.3. The maximum absolute atomic E-state index is 12.3. The second kappa shape index (κ2) is 7.96. The zero-order chi connectivity index (χ0) is 17.7. The minimum absolute atomic E-state index is 0.0439. The first-order valence-electron chi connectivity index (χ1n) is 7.49. The van der Waals surface area contributed by atoms with Gasteiger partial charge in [0.2, 0.25) is 9.84 Å². The highest BCUT2D eigenvalue weighted by Gasteiger charge is 2.25. The quantitative estimate of drug-likeness (QED) is 0.765. The van der Waals surface area contributed by atoms with Gasteiger partial charge in [-0.15, -0.1) is 11.8 Å². The van der Waals surface area contributed by atoms with Crippen molar-refractivity contribution in [3.05, 3.63) is 59.7 Å². The van der Waals surface area contributed by atoms with Gasteiger partial charge in [-0.3, -0.25) is 4.79 Å². The summed E-state index contributed by atoms with van der Waals surface area (Å²) >= 11 is 1.27. The average Bonchev–Trinajstić information content (AvgIpc) is 2.53. The maximum atomic E-state index is 12.3. The Labute approximate surface area is 146 Å². The van der Waals surface area contributed by atoms with Gasteiger partial charge in [0, 0.05) is 17.1 Å². The van der Waals surface area contributed by atoms with Gasteiger partial charge in [0.15, 0.2) is 5.44 Å². The lowest BCUT2D eigenvalue weighted by atomic mass is 10.1. The Kier molecular flexibility index (Phi) is 6.21. The molecule has 24 heavy (non-hydrogen) atoms. The fourth-order valence-corrected chi connectivity index (χ4v) is 4.55. The number of rotatable bonds is 7. The van der Waals surface area contributed by atoms with Crippen LogP contribution in [0.15, 0.2) is 58.3 Å². The lowest BCUT2D eigenvalue weighted by Crippen LogP contribution is -2.23. The van der Waals surface area contributed by atoms with Gasteiger partial charge >= 0.3 is 0 Å². The first-order valence-corrected chi connectivity index (χ1v) is 10.0. The standard InChI is InChI=1S/C18H20O4S2/c1-13-3-9-17(10-4-13)24(21,22)18(20)12-23-16-7-5-15(6-8-16)11-14(2)19/h3-10,18,20H,11-12H2,1-2H3. The summed E-state index contributed by atoms with van der Waals surface area (Å²) in [7, 11) is -3.76. The molecule has 6 heteroatoms. The fourth-order valence-electron chi connectivity index (χ4n) is 2.13.